The fourth-order valence-corrected chi connectivity index (χ4v) is 1.61. The van der Waals surface area contributed by atoms with E-state index in [0.717, 1.165) is 31.5 Å². The molecule has 1 aromatic rings. The minimum atomic E-state index is 1.02. The summed E-state index contributed by atoms with van der Waals surface area (Å²) in [4.78, 5) is 6.34. The summed E-state index contributed by atoms with van der Waals surface area (Å²) < 4.78 is 0. The Morgan fingerprint density at radius 3 is 2.38 bits per heavy atom. The predicted octanol–water partition coefficient (Wildman–Crippen LogP) is 2.04. The second-order valence-electron chi connectivity index (χ2n) is 3.35. The molecule has 2 heteroatoms. The van der Waals surface area contributed by atoms with Gasteiger partial charge in [-0.15, -0.1) is 0 Å². The molecule has 0 aromatic carbocycles. The molecule has 1 aromatic heterocycles. The van der Waals surface area contributed by atoms with Crippen LogP contribution in [-0.2, 0) is 0 Å². The highest BCUT2D eigenvalue weighted by Gasteiger charge is 2.12. The third-order valence-electron chi connectivity index (χ3n) is 2.43. The molecule has 0 aliphatic carbocycles. The van der Waals surface area contributed by atoms with E-state index in [2.05, 4.69) is 9.88 Å². The van der Waals surface area contributed by atoms with Crippen molar-refractivity contribution in [1.82, 2.24) is 4.98 Å². The third kappa shape index (κ3) is 1.89. The lowest BCUT2D eigenvalue weighted by molar-refractivity contribution is 0.685. The van der Waals surface area contributed by atoms with Gasteiger partial charge in [0.25, 0.3) is 0 Å². The zero-order valence-corrected chi connectivity index (χ0v) is 7.61. The normalized spacial score (nSPS) is 17.5. The number of hydrogen-bond donors (Lipinski definition) is 0. The Bertz CT molecular complexity index is 282. The molecule has 0 bridgehead atoms. The number of aromatic nitrogens is 1. The number of pyridine rings is 1. The van der Waals surface area contributed by atoms with Crippen LogP contribution in [-0.4, -0.2) is 18.1 Å². The lowest BCUT2D eigenvalue weighted by Gasteiger charge is -2.29. The average Bonchev–Trinajstić information content (AvgIpc) is 2.20. The van der Waals surface area contributed by atoms with Crippen molar-refractivity contribution < 1.29 is 0 Å². The van der Waals surface area contributed by atoms with E-state index in [1.165, 1.54) is 5.69 Å². The van der Waals surface area contributed by atoms with E-state index in [-0.39, 0.29) is 0 Å². The molecule has 2 nitrogen and oxygen atoms in total. The molecule has 1 radical (unpaired) electrons. The van der Waals surface area contributed by atoms with Gasteiger partial charge in [-0.1, -0.05) is 12.2 Å². The molecule has 13 heavy (non-hydrogen) atoms. The van der Waals surface area contributed by atoms with Crippen molar-refractivity contribution in [2.45, 2.75) is 12.8 Å². The summed E-state index contributed by atoms with van der Waals surface area (Å²) in [5.41, 5.74) is 2.38. The Hall–Kier alpha value is -1.31. The molecule has 0 unspecified atom stereocenters. The van der Waals surface area contributed by atoms with E-state index in [1.807, 2.05) is 24.5 Å². The van der Waals surface area contributed by atoms with E-state index in [1.54, 1.807) is 0 Å². The van der Waals surface area contributed by atoms with Crippen LogP contribution in [0.25, 0.3) is 0 Å². The zero-order valence-electron chi connectivity index (χ0n) is 7.61. The zero-order chi connectivity index (χ0) is 9.10. The van der Waals surface area contributed by atoms with Crippen LogP contribution >= 0.6 is 0 Å². The van der Waals surface area contributed by atoms with Crippen molar-refractivity contribution in [3.63, 3.8) is 0 Å². The Kier molecular flexibility index (Phi) is 2.30. The van der Waals surface area contributed by atoms with Gasteiger partial charge in [0, 0.05) is 31.2 Å². The highest BCUT2D eigenvalue weighted by molar-refractivity contribution is 5.45. The minimum absolute atomic E-state index is 1.02. The molecular formula is C11H13N2. The van der Waals surface area contributed by atoms with Gasteiger partial charge < -0.3 is 4.90 Å². The fourth-order valence-electron chi connectivity index (χ4n) is 1.61. The second-order valence-corrected chi connectivity index (χ2v) is 3.35. The molecule has 1 aliphatic heterocycles. The van der Waals surface area contributed by atoms with Crippen molar-refractivity contribution >= 4 is 5.69 Å². The highest BCUT2D eigenvalue weighted by atomic mass is 15.1. The quantitative estimate of drug-likeness (QED) is 0.646. The van der Waals surface area contributed by atoms with Crippen LogP contribution in [0.3, 0.4) is 0 Å². The van der Waals surface area contributed by atoms with Crippen LogP contribution < -0.4 is 4.90 Å². The Morgan fingerprint density at radius 1 is 1.15 bits per heavy atom. The third-order valence-corrected chi connectivity index (χ3v) is 2.43. The lowest BCUT2D eigenvalue weighted by atomic mass is 10.1. The number of piperidine rings is 1. The first-order valence-corrected chi connectivity index (χ1v) is 4.61. The molecule has 1 saturated heterocycles. The Morgan fingerprint density at radius 2 is 1.77 bits per heavy atom. The van der Waals surface area contributed by atoms with Crippen molar-refractivity contribution in [3.05, 3.63) is 36.7 Å². The van der Waals surface area contributed by atoms with Crippen molar-refractivity contribution in [1.29, 1.82) is 0 Å². The Balaban J connectivity index is 2.07. The van der Waals surface area contributed by atoms with Crippen LogP contribution in [0.5, 0.6) is 0 Å². The number of nitrogens with zero attached hydrogens (tertiary/aromatic N) is 2. The maximum atomic E-state index is 5.75. The first-order chi connectivity index (χ1) is 6.36. The van der Waals surface area contributed by atoms with E-state index in [4.69, 9.17) is 6.58 Å². The maximum absolute atomic E-state index is 5.75. The van der Waals surface area contributed by atoms with E-state index >= 15 is 0 Å². The summed E-state index contributed by atoms with van der Waals surface area (Å²) in [5, 5.41) is 0. The largest absolute Gasteiger partial charge is 0.371 e. The van der Waals surface area contributed by atoms with Crippen LogP contribution in [0.1, 0.15) is 12.8 Å². The van der Waals surface area contributed by atoms with Gasteiger partial charge in [0.1, 0.15) is 0 Å². The topological polar surface area (TPSA) is 16.1 Å². The lowest BCUT2D eigenvalue weighted by Crippen LogP contribution is -2.30. The van der Waals surface area contributed by atoms with Crippen LogP contribution in [0.4, 0.5) is 5.69 Å². The smallest absolute Gasteiger partial charge is 0.0397 e. The van der Waals surface area contributed by atoms with E-state index < -0.39 is 0 Å². The van der Waals surface area contributed by atoms with Crippen LogP contribution in [0, 0.1) is 6.58 Å². The van der Waals surface area contributed by atoms with Gasteiger partial charge in [0.15, 0.2) is 0 Å². The molecule has 1 aliphatic rings. The highest BCUT2D eigenvalue weighted by Crippen LogP contribution is 2.20. The molecule has 67 valence electrons. The van der Waals surface area contributed by atoms with Crippen LogP contribution in [0.2, 0.25) is 0 Å². The molecule has 0 N–H and O–H groups in total. The summed E-state index contributed by atoms with van der Waals surface area (Å²) in [7, 11) is 0. The molecule has 0 atom stereocenters. The van der Waals surface area contributed by atoms with Gasteiger partial charge >= 0.3 is 0 Å². The van der Waals surface area contributed by atoms with Crippen molar-refractivity contribution in [3.8, 4) is 0 Å². The standard InChI is InChI=1S/C11H13N2/c1-10-4-8-13(9-5-10)11-2-6-12-7-3-11/h1-3,6-7H,4-5,8-9H2. The van der Waals surface area contributed by atoms with Gasteiger partial charge in [-0.3, -0.25) is 4.98 Å². The molecule has 2 rings (SSSR count). The minimum Gasteiger partial charge on any atom is -0.371 e. The maximum Gasteiger partial charge on any atom is 0.0397 e. The van der Waals surface area contributed by atoms with Gasteiger partial charge in [0.2, 0.25) is 0 Å². The molecule has 0 saturated carbocycles. The van der Waals surface area contributed by atoms with Gasteiger partial charge in [-0.25, -0.2) is 0 Å². The monoisotopic (exact) mass is 173 g/mol. The van der Waals surface area contributed by atoms with Crippen LogP contribution in [0.15, 0.2) is 30.1 Å². The number of hydrogen-bond acceptors (Lipinski definition) is 2. The SMILES string of the molecule is [CH]=C1CCN(c2ccncc2)CC1. The van der Waals surface area contributed by atoms with Gasteiger partial charge in [0.05, 0.1) is 0 Å². The number of rotatable bonds is 1. The average molecular weight is 173 g/mol. The first-order valence-electron chi connectivity index (χ1n) is 4.61. The summed E-state index contributed by atoms with van der Waals surface area (Å²) in [6, 6.07) is 4.09. The summed E-state index contributed by atoms with van der Waals surface area (Å²) in [6.45, 7) is 7.83. The molecule has 1 fully saturated rings. The fraction of sp³-hybridized carbons (Fsp3) is 0.364. The number of anilines is 1. The van der Waals surface area contributed by atoms with E-state index in [9.17, 15) is 0 Å². The van der Waals surface area contributed by atoms with E-state index in [0.29, 0.717) is 0 Å². The van der Waals surface area contributed by atoms with Gasteiger partial charge in [-0.2, -0.15) is 0 Å². The van der Waals surface area contributed by atoms with Crippen molar-refractivity contribution in [2.75, 3.05) is 18.0 Å². The second kappa shape index (κ2) is 3.60. The molecule has 2 heterocycles. The van der Waals surface area contributed by atoms with Gasteiger partial charge in [-0.05, 0) is 25.0 Å². The molecule has 0 amide bonds. The molecular weight excluding hydrogens is 160 g/mol. The summed E-state index contributed by atoms with van der Waals surface area (Å²) in [5.74, 6) is 0. The molecule has 0 spiro atoms. The first kappa shape index (κ1) is 8.30. The van der Waals surface area contributed by atoms with Crippen molar-refractivity contribution in [2.24, 2.45) is 0 Å². The summed E-state index contributed by atoms with van der Waals surface area (Å²) in [6.07, 6.45) is 5.69. The Labute approximate surface area is 78.9 Å². The predicted molar refractivity (Wildman–Crippen MR) is 53.5 cm³/mol. The summed E-state index contributed by atoms with van der Waals surface area (Å²) >= 11 is 0.